The molecule has 0 aliphatic carbocycles. The van der Waals surface area contributed by atoms with Gasteiger partial charge in [-0.1, -0.05) is 13.0 Å². The van der Waals surface area contributed by atoms with Gasteiger partial charge in [0.1, 0.15) is 10.6 Å². The Morgan fingerprint density at radius 1 is 1.50 bits per heavy atom. The van der Waals surface area contributed by atoms with E-state index >= 15 is 0 Å². The number of carbonyl (C=O) groups excluding carboxylic acids is 1. The Kier molecular flexibility index (Phi) is 4.61. The summed E-state index contributed by atoms with van der Waals surface area (Å²) in [7, 11) is 1.56. The van der Waals surface area contributed by atoms with Crippen LogP contribution in [0.15, 0.2) is 11.6 Å². The molecule has 1 amide bonds. The lowest BCUT2D eigenvalue weighted by Gasteiger charge is -2.16. The molecule has 6 heteroatoms. The van der Waals surface area contributed by atoms with Crippen molar-refractivity contribution in [3.63, 3.8) is 0 Å². The van der Waals surface area contributed by atoms with Gasteiger partial charge in [0, 0.05) is 12.6 Å². The van der Waals surface area contributed by atoms with E-state index in [9.17, 15) is 9.59 Å². The summed E-state index contributed by atoms with van der Waals surface area (Å²) in [5.41, 5.74) is 1.13. The Morgan fingerprint density at radius 2 is 2.11 bits per heavy atom. The minimum Gasteiger partial charge on any atom is -0.478 e. The highest BCUT2D eigenvalue weighted by atomic mass is 32.1. The van der Waals surface area contributed by atoms with E-state index in [2.05, 4.69) is 4.37 Å². The first kappa shape index (κ1) is 14.4. The molecule has 0 saturated heterocycles. The van der Waals surface area contributed by atoms with Gasteiger partial charge in [-0.25, -0.2) is 4.79 Å². The zero-order valence-electron chi connectivity index (χ0n) is 10.9. The van der Waals surface area contributed by atoms with Gasteiger partial charge in [0.25, 0.3) is 5.91 Å². The molecule has 0 saturated carbocycles. The summed E-state index contributed by atoms with van der Waals surface area (Å²) in [6.45, 7) is 5.28. The summed E-state index contributed by atoms with van der Waals surface area (Å²) < 4.78 is 3.99. The number of amides is 1. The number of aromatic carboxylic acids is 1. The third kappa shape index (κ3) is 2.76. The molecule has 0 aromatic carbocycles. The van der Waals surface area contributed by atoms with Crippen LogP contribution in [0.2, 0.25) is 0 Å². The minimum atomic E-state index is -1.06. The zero-order valence-corrected chi connectivity index (χ0v) is 11.7. The molecule has 0 fully saturated rings. The molecule has 1 aromatic rings. The summed E-state index contributed by atoms with van der Waals surface area (Å²) in [5, 5.41) is 9.49. The second-order valence-electron chi connectivity index (χ2n) is 3.91. The second kappa shape index (κ2) is 5.77. The lowest BCUT2D eigenvalue weighted by molar-refractivity contribution is -0.114. The molecule has 1 heterocycles. The van der Waals surface area contributed by atoms with Crippen LogP contribution in [-0.2, 0) is 4.79 Å². The molecule has 0 unspecified atom stereocenters. The van der Waals surface area contributed by atoms with Crippen molar-refractivity contribution in [2.24, 2.45) is 0 Å². The van der Waals surface area contributed by atoms with E-state index in [0.717, 1.165) is 18.0 Å². The lowest BCUT2D eigenvalue weighted by Crippen LogP contribution is -2.27. The number of aryl methyl sites for hydroxylation is 1. The Hall–Kier alpha value is -1.69. The molecule has 0 aliphatic heterocycles. The standard InChI is InChI=1S/C12H16N2O3S/c1-5-6-7(2)10(15)14(4)11-9(12(16)17)8(3)13-18-11/h6H,5H2,1-4H3,(H,16,17). The summed E-state index contributed by atoms with van der Waals surface area (Å²) in [6.07, 6.45) is 2.58. The molecule has 1 aromatic heterocycles. The van der Waals surface area contributed by atoms with Gasteiger partial charge in [-0.05, 0) is 31.8 Å². The Labute approximate surface area is 110 Å². The van der Waals surface area contributed by atoms with Gasteiger partial charge in [-0.3, -0.25) is 4.79 Å². The van der Waals surface area contributed by atoms with Crippen LogP contribution in [-0.4, -0.2) is 28.4 Å². The maximum Gasteiger partial charge on any atom is 0.340 e. The van der Waals surface area contributed by atoms with Crippen LogP contribution in [0.25, 0.3) is 0 Å². The largest absolute Gasteiger partial charge is 0.478 e. The predicted octanol–water partition coefficient (Wildman–Crippen LogP) is 2.47. The molecule has 1 rings (SSSR count). The number of aromatic nitrogens is 1. The molecule has 0 atom stereocenters. The van der Waals surface area contributed by atoms with Gasteiger partial charge in [-0.2, -0.15) is 4.37 Å². The SMILES string of the molecule is CCC=C(C)C(=O)N(C)c1snc(C)c1C(=O)O. The van der Waals surface area contributed by atoms with Crippen molar-refractivity contribution in [3.05, 3.63) is 22.9 Å². The molecule has 0 bridgehead atoms. The molecule has 0 spiro atoms. The number of carboxylic acid groups (broad SMARTS) is 1. The molecule has 1 N–H and O–H groups in total. The number of likely N-dealkylation sites (N-methyl/N-ethyl adjacent to an activating group) is 1. The van der Waals surface area contributed by atoms with Gasteiger partial charge in [0.05, 0.1) is 5.69 Å². The van der Waals surface area contributed by atoms with Gasteiger partial charge in [0.15, 0.2) is 0 Å². The van der Waals surface area contributed by atoms with E-state index in [4.69, 9.17) is 5.11 Å². The number of carbonyl (C=O) groups is 2. The van der Waals surface area contributed by atoms with Crippen LogP contribution in [0.1, 0.15) is 36.3 Å². The fourth-order valence-corrected chi connectivity index (χ4v) is 2.43. The van der Waals surface area contributed by atoms with Crippen molar-refractivity contribution in [1.29, 1.82) is 0 Å². The summed E-state index contributed by atoms with van der Waals surface area (Å²) in [6, 6.07) is 0. The van der Waals surface area contributed by atoms with Gasteiger partial charge < -0.3 is 10.0 Å². The third-order valence-corrected chi connectivity index (χ3v) is 3.53. The Bertz CT molecular complexity index is 505. The van der Waals surface area contributed by atoms with Crippen LogP contribution in [0, 0.1) is 6.92 Å². The highest BCUT2D eigenvalue weighted by Crippen LogP contribution is 2.28. The van der Waals surface area contributed by atoms with Gasteiger partial charge >= 0.3 is 5.97 Å². The number of nitrogens with zero attached hydrogens (tertiary/aromatic N) is 2. The first-order valence-corrected chi connectivity index (χ1v) is 6.31. The van der Waals surface area contributed by atoms with E-state index in [1.54, 1.807) is 20.9 Å². The normalized spacial score (nSPS) is 11.4. The average Bonchev–Trinajstić information content (AvgIpc) is 2.69. The van der Waals surface area contributed by atoms with Crippen LogP contribution in [0.3, 0.4) is 0 Å². The Morgan fingerprint density at radius 3 is 2.61 bits per heavy atom. The quantitative estimate of drug-likeness (QED) is 0.852. The fourth-order valence-electron chi connectivity index (χ4n) is 1.58. The van der Waals surface area contributed by atoms with Crippen molar-refractivity contribution in [2.75, 3.05) is 11.9 Å². The van der Waals surface area contributed by atoms with Crippen molar-refractivity contribution in [2.45, 2.75) is 27.2 Å². The smallest absolute Gasteiger partial charge is 0.340 e. The average molecular weight is 268 g/mol. The molecular weight excluding hydrogens is 252 g/mol. The molecule has 0 aliphatic rings. The minimum absolute atomic E-state index is 0.0974. The summed E-state index contributed by atoms with van der Waals surface area (Å²) >= 11 is 1.02. The van der Waals surface area contributed by atoms with Gasteiger partial charge in [0.2, 0.25) is 0 Å². The number of rotatable bonds is 4. The zero-order chi connectivity index (χ0) is 13.9. The lowest BCUT2D eigenvalue weighted by atomic mass is 10.2. The predicted molar refractivity (Wildman–Crippen MR) is 71.3 cm³/mol. The number of carboxylic acids is 1. The maximum absolute atomic E-state index is 12.1. The first-order valence-electron chi connectivity index (χ1n) is 5.54. The summed E-state index contributed by atoms with van der Waals surface area (Å²) in [4.78, 5) is 24.5. The number of hydrogen-bond donors (Lipinski definition) is 1. The molecule has 18 heavy (non-hydrogen) atoms. The number of anilines is 1. The van der Waals surface area contributed by atoms with Crippen molar-refractivity contribution in [1.82, 2.24) is 4.37 Å². The second-order valence-corrected chi connectivity index (χ2v) is 4.66. The Balaban J connectivity index is 3.12. The summed E-state index contributed by atoms with van der Waals surface area (Å²) in [5.74, 6) is -1.27. The van der Waals surface area contributed by atoms with E-state index in [1.807, 2.05) is 13.0 Å². The molecular formula is C12H16N2O3S. The van der Waals surface area contributed by atoms with Crippen LogP contribution < -0.4 is 4.90 Å². The van der Waals surface area contributed by atoms with Crippen LogP contribution >= 0.6 is 11.5 Å². The van der Waals surface area contributed by atoms with Crippen molar-refractivity contribution < 1.29 is 14.7 Å². The monoisotopic (exact) mass is 268 g/mol. The van der Waals surface area contributed by atoms with E-state index in [0.29, 0.717) is 16.3 Å². The molecule has 0 radical (unpaired) electrons. The highest BCUT2D eigenvalue weighted by Gasteiger charge is 2.24. The first-order chi connectivity index (χ1) is 8.40. The van der Waals surface area contributed by atoms with E-state index < -0.39 is 5.97 Å². The van der Waals surface area contributed by atoms with Crippen LogP contribution in [0.5, 0.6) is 0 Å². The van der Waals surface area contributed by atoms with Crippen LogP contribution in [0.4, 0.5) is 5.00 Å². The number of hydrogen-bond acceptors (Lipinski definition) is 4. The van der Waals surface area contributed by atoms with Crippen molar-refractivity contribution in [3.8, 4) is 0 Å². The van der Waals surface area contributed by atoms with E-state index in [1.165, 1.54) is 4.90 Å². The van der Waals surface area contributed by atoms with Crippen molar-refractivity contribution >= 4 is 28.4 Å². The molecule has 5 nitrogen and oxygen atoms in total. The highest BCUT2D eigenvalue weighted by molar-refractivity contribution is 7.11. The maximum atomic E-state index is 12.1. The topological polar surface area (TPSA) is 70.5 Å². The van der Waals surface area contributed by atoms with E-state index in [-0.39, 0.29) is 11.5 Å². The molecule has 98 valence electrons. The number of allylic oxidation sites excluding steroid dienone is 1. The van der Waals surface area contributed by atoms with Gasteiger partial charge in [-0.15, -0.1) is 0 Å². The third-order valence-electron chi connectivity index (χ3n) is 2.52. The fraction of sp³-hybridized carbons (Fsp3) is 0.417.